The molecule has 0 bridgehead atoms. The van der Waals surface area contributed by atoms with Gasteiger partial charge in [0.2, 0.25) is 5.91 Å². The lowest BCUT2D eigenvalue weighted by molar-refractivity contribution is -0.136. The summed E-state index contributed by atoms with van der Waals surface area (Å²) >= 11 is 0. The fourth-order valence-corrected chi connectivity index (χ4v) is 2.51. The predicted octanol–water partition coefficient (Wildman–Crippen LogP) is 1.41. The molecule has 1 heterocycles. The number of carboxylic acid groups (broad SMARTS) is 1. The Morgan fingerprint density at radius 3 is 2.75 bits per heavy atom. The first kappa shape index (κ1) is 14.5. The van der Waals surface area contributed by atoms with E-state index in [-0.39, 0.29) is 24.8 Å². The molecule has 20 heavy (non-hydrogen) atoms. The van der Waals surface area contributed by atoms with Gasteiger partial charge in [-0.05, 0) is 31.5 Å². The van der Waals surface area contributed by atoms with Gasteiger partial charge in [-0.1, -0.05) is 18.2 Å². The van der Waals surface area contributed by atoms with Crippen molar-refractivity contribution >= 4 is 17.6 Å². The molecule has 1 aliphatic heterocycles. The van der Waals surface area contributed by atoms with Crippen molar-refractivity contribution in [1.29, 1.82) is 0 Å². The van der Waals surface area contributed by atoms with Crippen LogP contribution < -0.4 is 10.2 Å². The molecule has 1 aromatic carbocycles. The summed E-state index contributed by atoms with van der Waals surface area (Å²) in [5, 5.41) is 12.1. The van der Waals surface area contributed by atoms with Crippen molar-refractivity contribution in [3.8, 4) is 0 Å². The molecule has 0 spiro atoms. The van der Waals surface area contributed by atoms with Gasteiger partial charge in [-0.3, -0.25) is 9.59 Å². The molecule has 1 atom stereocenters. The van der Waals surface area contributed by atoms with Crippen molar-refractivity contribution in [2.24, 2.45) is 5.92 Å². The number of carbonyl (C=O) groups is 2. The normalized spacial score (nSPS) is 17.9. The first-order chi connectivity index (χ1) is 9.59. The van der Waals surface area contributed by atoms with Gasteiger partial charge in [-0.2, -0.15) is 0 Å². The van der Waals surface area contributed by atoms with Crippen LogP contribution in [0.3, 0.4) is 0 Å². The molecule has 2 N–H and O–H groups in total. The Bertz CT molecular complexity index is 496. The second-order valence-electron chi connectivity index (χ2n) is 5.11. The molecule has 2 rings (SSSR count). The molecule has 1 aliphatic rings. The number of anilines is 1. The average molecular weight is 276 g/mol. The number of hydrogen-bond donors (Lipinski definition) is 2. The smallest absolute Gasteiger partial charge is 0.305 e. The number of rotatable bonds is 5. The topological polar surface area (TPSA) is 69.6 Å². The van der Waals surface area contributed by atoms with Crippen LogP contribution in [0.2, 0.25) is 0 Å². The maximum atomic E-state index is 12.6. The summed E-state index contributed by atoms with van der Waals surface area (Å²) in [6.45, 7) is 3.67. The van der Waals surface area contributed by atoms with Crippen molar-refractivity contribution in [1.82, 2.24) is 5.32 Å². The molecular formula is C15H20N2O3. The maximum absolute atomic E-state index is 12.6. The third kappa shape index (κ3) is 3.36. The van der Waals surface area contributed by atoms with Crippen molar-refractivity contribution in [3.63, 3.8) is 0 Å². The number of aliphatic carboxylic acids is 1. The zero-order valence-electron chi connectivity index (χ0n) is 11.6. The van der Waals surface area contributed by atoms with Gasteiger partial charge in [0.1, 0.15) is 0 Å². The van der Waals surface area contributed by atoms with Crippen molar-refractivity contribution in [2.45, 2.75) is 19.8 Å². The highest BCUT2D eigenvalue weighted by molar-refractivity contribution is 5.96. The Hall–Kier alpha value is -1.88. The minimum absolute atomic E-state index is 0.0190. The van der Waals surface area contributed by atoms with Gasteiger partial charge in [0, 0.05) is 18.8 Å². The standard InChI is InChI=1S/C15H20N2O3/c1-11-4-2-3-5-13(11)17(9-7-14(18)19)15(20)12-6-8-16-10-12/h2-5,12,16H,6-10H2,1H3,(H,18,19). The zero-order chi connectivity index (χ0) is 14.5. The number of nitrogens with zero attached hydrogens (tertiary/aromatic N) is 1. The minimum atomic E-state index is -0.888. The number of amides is 1. The molecule has 1 amide bonds. The molecule has 5 nitrogen and oxygen atoms in total. The largest absolute Gasteiger partial charge is 0.481 e. The molecule has 1 aromatic rings. The van der Waals surface area contributed by atoms with E-state index in [2.05, 4.69) is 5.32 Å². The summed E-state index contributed by atoms with van der Waals surface area (Å²) in [6.07, 6.45) is 0.772. The SMILES string of the molecule is Cc1ccccc1N(CCC(=O)O)C(=O)C1CCNC1. The van der Waals surface area contributed by atoms with Crippen LogP contribution in [0.4, 0.5) is 5.69 Å². The van der Waals surface area contributed by atoms with E-state index in [1.807, 2.05) is 31.2 Å². The molecule has 0 aliphatic carbocycles. The molecule has 0 radical (unpaired) electrons. The first-order valence-electron chi connectivity index (χ1n) is 6.89. The Morgan fingerprint density at radius 2 is 2.15 bits per heavy atom. The molecule has 5 heteroatoms. The van der Waals surface area contributed by atoms with Gasteiger partial charge in [0.05, 0.1) is 12.3 Å². The molecule has 108 valence electrons. The van der Waals surface area contributed by atoms with E-state index in [0.717, 1.165) is 24.2 Å². The first-order valence-corrected chi connectivity index (χ1v) is 6.89. The Kier molecular flexibility index (Phi) is 4.74. The van der Waals surface area contributed by atoms with Gasteiger partial charge in [0.15, 0.2) is 0 Å². The lowest BCUT2D eigenvalue weighted by atomic mass is 10.1. The Morgan fingerprint density at radius 1 is 1.40 bits per heavy atom. The fourth-order valence-electron chi connectivity index (χ4n) is 2.51. The number of carboxylic acids is 1. The molecule has 0 aromatic heterocycles. The monoisotopic (exact) mass is 276 g/mol. The fraction of sp³-hybridized carbons (Fsp3) is 0.467. The van der Waals surface area contributed by atoms with Crippen LogP contribution in [-0.2, 0) is 9.59 Å². The van der Waals surface area contributed by atoms with Crippen LogP contribution in [0.5, 0.6) is 0 Å². The highest BCUT2D eigenvalue weighted by atomic mass is 16.4. The van der Waals surface area contributed by atoms with Crippen LogP contribution in [0.15, 0.2) is 24.3 Å². The summed E-state index contributed by atoms with van der Waals surface area (Å²) in [6, 6.07) is 7.59. The number of hydrogen-bond acceptors (Lipinski definition) is 3. The molecule has 1 unspecified atom stereocenters. The van der Waals surface area contributed by atoms with E-state index < -0.39 is 5.97 Å². The quantitative estimate of drug-likeness (QED) is 0.853. The van der Waals surface area contributed by atoms with Crippen LogP contribution in [0, 0.1) is 12.8 Å². The number of benzene rings is 1. The van der Waals surface area contributed by atoms with Gasteiger partial charge >= 0.3 is 5.97 Å². The summed E-state index contributed by atoms with van der Waals surface area (Å²) in [7, 11) is 0. The third-order valence-electron chi connectivity index (χ3n) is 3.63. The summed E-state index contributed by atoms with van der Waals surface area (Å²) in [5.41, 5.74) is 1.79. The highest BCUT2D eigenvalue weighted by Crippen LogP contribution is 2.23. The van der Waals surface area contributed by atoms with Crippen molar-refractivity contribution in [3.05, 3.63) is 29.8 Å². The lowest BCUT2D eigenvalue weighted by Crippen LogP contribution is -2.39. The van der Waals surface area contributed by atoms with E-state index in [0.29, 0.717) is 6.54 Å². The van der Waals surface area contributed by atoms with Crippen molar-refractivity contribution in [2.75, 3.05) is 24.5 Å². The maximum Gasteiger partial charge on any atom is 0.305 e. The van der Waals surface area contributed by atoms with Gasteiger partial charge in [-0.25, -0.2) is 0 Å². The van der Waals surface area contributed by atoms with Gasteiger partial charge < -0.3 is 15.3 Å². The predicted molar refractivity (Wildman–Crippen MR) is 76.8 cm³/mol. The summed E-state index contributed by atoms with van der Waals surface area (Å²) in [5.74, 6) is -0.921. The third-order valence-corrected chi connectivity index (χ3v) is 3.63. The summed E-state index contributed by atoms with van der Waals surface area (Å²) < 4.78 is 0. The van der Waals surface area contributed by atoms with E-state index in [9.17, 15) is 9.59 Å². The van der Waals surface area contributed by atoms with Crippen LogP contribution in [0.25, 0.3) is 0 Å². The summed E-state index contributed by atoms with van der Waals surface area (Å²) in [4.78, 5) is 25.0. The Labute approximate surface area is 118 Å². The van der Waals surface area contributed by atoms with Crippen LogP contribution in [0.1, 0.15) is 18.4 Å². The van der Waals surface area contributed by atoms with E-state index in [1.165, 1.54) is 0 Å². The molecule has 1 fully saturated rings. The highest BCUT2D eigenvalue weighted by Gasteiger charge is 2.28. The number of carbonyl (C=O) groups excluding carboxylic acids is 1. The number of aryl methyl sites for hydroxylation is 1. The molecule has 1 saturated heterocycles. The minimum Gasteiger partial charge on any atom is -0.481 e. The average Bonchev–Trinajstić information content (AvgIpc) is 2.94. The van der Waals surface area contributed by atoms with Gasteiger partial charge in [0.25, 0.3) is 0 Å². The van der Waals surface area contributed by atoms with Gasteiger partial charge in [-0.15, -0.1) is 0 Å². The number of nitrogens with one attached hydrogen (secondary N) is 1. The lowest BCUT2D eigenvalue weighted by Gasteiger charge is -2.26. The molecule has 0 saturated carbocycles. The van der Waals surface area contributed by atoms with Crippen LogP contribution >= 0.6 is 0 Å². The van der Waals surface area contributed by atoms with E-state index in [4.69, 9.17) is 5.11 Å². The second kappa shape index (κ2) is 6.52. The molecular weight excluding hydrogens is 256 g/mol. The second-order valence-corrected chi connectivity index (χ2v) is 5.11. The number of para-hydroxylation sites is 1. The van der Waals surface area contributed by atoms with Crippen LogP contribution in [-0.4, -0.2) is 36.6 Å². The Balaban J connectivity index is 2.21. The van der Waals surface area contributed by atoms with E-state index in [1.54, 1.807) is 4.90 Å². The van der Waals surface area contributed by atoms with E-state index >= 15 is 0 Å². The zero-order valence-corrected chi connectivity index (χ0v) is 11.6. The van der Waals surface area contributed by atoms with Crippen molar-refractivity contribution < 1.29 is 14.7 Å².